The van der Waals surface area contributed by atoms with Crippen LogP contribution in [0.4, 0.5) is 9.52 Å². The third-order valence-electron chi connectivity index (χ3n) is 5.48. The number of aromatic nitrogens is 2. The van der Waals surface area contributed by atoms with Crippen molar-refractivity contribution in [3.05, 3.63) is 35.1 Å². The highest BCUT2D eigenvalue weighted by Crippen LogP contribution is 2.36. The molecular weight excluding hydrogens is 333 g/mol. The second-order valence-electron chi connectivity index (χ2n) is 7.33. The molecule has 1 aromatic carbocycles. The van der Waals surface area contributed by atoms with Crippen molar-refractivity contribution in [3.8, 4) is 11.3 Å². The molecule has 1 N–H and O–H groups in total. The van der Waals surface area contributed by atoms with Gasteiger partial charge in [-0.25, -0.2) is 9.37 Å². The number of hydrogen-bond donors (Lipinski definition) is 1. The Bertz CT molecular complexity index is 911. The second kappa shape index (κ2) is 6.45. The molecule has 1 aliphatic rings. The standard InChI is InChI=1S/C20H24FN3S/c1-12-5-4-6-15(9-12)22-20-23-17(11-25-20)19-13(2)24(3)18-8-7-14(21)10-16(18)19/h7-8,10-12,15H,4-6,9H2,1-3H3,(H,22,23). The summed E-state index contributed by atoms with van der Waals surface area (Å²) in [6.45, 7) is 4.40. The van der Waals surface area contributed by atoms with Gasteiger partial charge < -0.3 is 9.88 Å². The number of aryl methyl sites for hydroxylation is 1. The molecule has 0 radical (unpaired) electrons. The molecular formula is C20H24FN3S. The van der Waals surface area contributed by atoms with Crippen LogP contribution in [0.25, 0.3) is 22.2 Å². The lowest BCUT2D eigenvalue weighted by molar-refractivity contribution is 0.358. The van der Waals surface area contributed by atoms with Gasteiger partial charge in [0.2, 0.25) is 0 Å². The summed E-state index contributed by atoms with van der Waals surface area (Å²) in [4.78, 5) is 4.83. The van der Waals surface area contributed by atoms with Crippen molar-refractivity contribution in [2.45, 2.75) is 45.6 Å². The first-order valence-corrected chi connectivity index (χ1v) is 9.88. The van der Waals surface area contributed by atoms with Crippen LogP contribution < -0.4 is 5.32 Å². The van der Waals surface area contributed by atoms with Crippen LogP contribution in [0.15, 0.2) is 23.6 Å². The first-order valence-electron chi connectivity index (χ1n) is 9.00. The molecule has 0 spiro atoms. The molecule has 2 atom stereocenters. The smallest absolute Gasteiger partial charge is 0.183 e. The van der Waals surface area contributed by atoms with E-state index in [9.17, 15) is 4.39 Å². The predicted molar refractivity (Wildman–Crippen MR) is 104 cm³/mol. The highest BCUT2D eigenvalue weighted by Gasteiger charge is 2.21. The lowest BCUT2D eigenvalue weighted by Gasteiger charge is -2.27. The molecule has 3 aromatic rings. The van der Waals surface area contributed by atoms with E-state index in [4.69, 9.17) is 4.98 Å². The van der Waals surface area contributed by atoms with Gasteiger partial charge in [0.05, 0.1) is 5.69 Å². The third kappa shape index (κ3) is 3.06. The summed E-state index contributed by atoms with van der Waals surface area (Å²) in [5.74, 6) is 0.582. The van der Waals surface area contributed by atoms with Gasteiger partial charge in [-0.05, 0) is 43.9 Å². The van der Waals surface area contributed by atoms with E-state index < -0.39 is 0 Å². The van der Waals surface area contributed by atoms with E-state index in [1.807, 2.05) is 13.1 Å². The summed E-state index contributed by atoms with van der Waals surface area (Å²) < 4.78 is 15.9. The number of halogens is 1. The zero-order valence-electron chi connectivity index (χ0n) is 15.0. The highest BCUT2D eigenvalue weighted by molar-refractivity contribution is 7.14. The maximum absolute atomic E-state index is 13.8. The van der Waals surface area contributed by atoms with Crippen LogP contribution in [0.3, 0.4) is 0 Å². The summed E-state index contributed by atoms with van der Waals surface area (Å²) in [6, 6.07) is 5.50. The number of nitrogens with one attached hydrogen (secondary N) is 1. The molecule has 1 aliphatic carbocycles. The number of benzene rings is 1. The Kier molecular flexibility index (Phi) is 4.28. The van der Waals surface area contributed by atoms with Crippen LogP contribution in [0, 0.1) is 18.7 Å². The van der Waals surface area contributed by atoms with Crippen LogP contribution in [0.5, 0.6) is 0 Å². The van der Waals surface area contributed by atoms with Gasteiger partial charge in [-0.1, -0.05) is 19.8 Å². The molecule has 2 heterocycles. The van der Waals surface area contributed by atoms with Crippen LogP contribution in [-0.2, 0) is 7.05 Å². The quantitative estimate of drug-likeness (QED) is 0.648. The second-order valence-corrected chi connectivity index (χ2v) is 8.19. The molecule has 1 saturated carbocycles. The van der Waals surface area contributed by atoms with Crippen molar-refractivity contribution >= 4 is 27.4 Å². The van der Waals surface area contributed by atoms with Crippen molar-refractivity contribution in [3.63, 3.8) is 0 Å². The molecule has 0 saturated heterocycles. The van der Waals surface area contributed by atoms with E-state index >= 15 is 0 Å². The third-order valence-corrected chi connectivity index (χ3v) is 6.25. The first kappa shape index (κ1) is 16.6. The van der Waals surface area contributed by atoms with E-state index in [0.29, 0.717) is 6.04 Å². The monoisotopic (exact) mass is 357 g/mol. The van der Waals surface area contributed by atoms with Gasteiger partial charge in [0.15, 0.2) is 5.13 Å². The van der Waals surface area contributed by atoms with Gasteiger partial charge in [0, 0.05) is 40.6 Å². The minimum atomic E-state index is -0.205. The fourth-order valence-corrected chi connectivity index (χ4v) is 4.84. The molecule has 4 rings (SSSR count). The van der Waals surface area contributed by atoms with Gasteiger partial charge in [-0.15, -0.1) is 11.3 Å². The number of nitrogens with zero attached hydrogens (tertiary/aromatic N) is 2. The fraction of sp³-hybridized carbons (Fsp3) is 0.450. The Morgan fingerprint density at radius 2 is 2.16 bits per heavy atom. The number of thiazole rings is 1. The Hall–Kier alpha value is -1.88. The van der Waals surface area contributed by atoms with Crippen molar-refractivity contribution in [2.24, 2.45) is 13.0 Å². The first-order chi connectivity index (χ1) is 12.0. The van der Waals surface area contributed by atoms with Crippen molar-refractivity contribution in [1.82, 2.24) is 9.55 Å². The van der Waals surface area contributed by atoms with Crippen LogP contribution in [0.1, 0.15) is 38.3 Å². The van der Waals surface area contributed by atoms with Crippen LogP contribution >= 0.6 is 11.3 Å². The Balaban J connectivity index is 1.67. The number of fused-ring (bicyclic) bond motifs is 1. The van der Waals surface area contributed by atoms with E-state index in [1.165, 1.54) is 31.7 Å². The van der Waals surface area contributed by atoms with E-state index in [2.05, 4.69) is 29.1 Å². The Morgan fingerprint density at radius 3 is 2.96 bits per heavy atom. The number of hydrogen-bond acceptors (Lipinski definition) is 3. The average Bonchev–Trinajstić information content (AvgIpc) is 3.11. The molecule has 0 amide bonds. The lowest BCUT2D eigenvalue weighted by Crippen LogP contribution is -2.26. The SMILES string of the molecule is Cc1c(-c2csc(NC3CCCC(C)C3)n2)c2cc(F)ccc2n1C. The van der Waals surface area contributed by atoms with Gasteiger partial charge >= 0.3 is 0 Å². The van der Waals surface area contributed by atoms with Gasteiger partial charge in [0.25, 0.3) is 0 Å². The summed E-state index contributed by atoms with van der Waals surface area (Å²) in [5, 5.41) is 7.61. The largest absolute Gasteiger partial charge is 0.359 e. The molecule has 2 unspecified atom stereocenters. The van der Waals surface area contributed by atoms with Gasteiger partial charge in [-0.3, -0.25) is 0 Å². The lowest BCUT2D eigenvalue weighted by atomic mass is 9.87. The van der Waals surface area contributed by atoms with E-state index in [1.54, 1.807) is 17.4 Å². The molecule has 132 valence electrons. The fourth-order valence-electron chi connectivity index (χ4n) is 4.06. The molecule has 3 nitrogen and oxygen atoms in total. The predicted octanol–water partition coefficient (Wildman–Crippen LogP) is 5.74. The summed E-state index contributed by atoms with van der Waals surface area (Å²) in [7, 11) is 2.02. The summed E-state index contributed by atoms with van der Waals surface area (Å²) in [5.41, 5.74) is 4.13. The van der Waals surface area contributed by atoms with Crippen molar-refractivity contribution in [1.29, 1.82) is 0 Å². The normalized spacial score (nSPS) is 21.0. The molecule has 0 bridgehead atoms. The van der Waals surface area contributed by atoms with Gasteiger partial charge in [-0.2, -0.15) is 0 Å². The Labute approximate surface area is 151 Å². The topological polar surface area (TPSA) is 29.9 Å². The molecule has 0 aliphatic heterocycles. The van der Waals surface area contributed by atoms with Crippen molar-refractivity contribution < 1.29 is 4.39 Å². The Morgan fingerprint density at radius 1 is 1.32 bits per heavy atom. The molecule has 5 heteroatoms. The van der Waals surface area contributed by atoms with Gasteiger partial charge in [0.1, 0.15) is 5.82 Å². The van der Waals surface area contributed by atoms with E-state index in [0.717, 1.165) is 38.9 Å². The summed E-state index contributed by atoms with van der Waals surface area (Å²) in [6.07, 6.45) is 5.06. The summed E-state index contributed by atoms with van der Waals surface area (Å²) >= 11 is 1.64. The maximum Gasteiger partial charge on any atom is 0.183 e. The zero-order chi connectivity index (χ0) is 17.6. The zero-order valence-corrected chi connectivity index (χ0v) is 15.8. The van der Waals surface area contributed by atoms with Crippen LogP contribution in [-0.4, -0.2) is 15.6 Å². The molecule has 2 aromatic heterocycles. The number of anilines is 1. The molecule has 1 fully saturated rings. The minimum absolute atomic E-state index is 0.205. The maximum atomic E-state index is 13.8. The minimum Gasteiger partial charge on any atom is -0.359 e. The highest BCUT2D eigenvalue weighted by atomic mass is 32.1. The van der Waals surface area contributed by atoms with Crippen molar-refractivity contribution in [2.75, 3.05) is 5.32 Å². The molecule has 25 heavy (non-hydrogen) atoms. The van der Waals surface area contributed by atoms with Crippen LogP contribution in [0.2, 0.25) is 0 Å². The number of rotatable bonds is 3. The average molecular weight is 357 g/mol. The van der Waals surface area contributed by atoms with E-state index in [-0.39, 0.29) is 5.82 Å².